The van der Waals surface area contributed by atoms with Gasteiger partial charge in [-0.05, 0) is 46.7 Å². The maximum Gasteiger partial charge on any atom is 0.204 e. The van der Waals surface area contributed by atoms with E-state index in [1.54, 1.807) is 0 Å². The van der Waals surface area contributed by atoms with Gasteiger partial charge in [0.15, 0.2) is 6.29 Å². The fraction of sp³-hybridized carbons (Fsp3) is 0.111. The first-order valence-electron chi connectivity index (χ1n) is 7.88. The molecular formula is C18H13N5O2. The number of fused-ring (bicyclic) bond motifs is 3. The Morgan fingerprint density at radius 3 is 2.76 bits per heavy atom. The Kier molecular flexibility index (Phi) is 3.01. The molecule has 0 spiro atoms. The summed E-state index contributed by atoms with van der Waals surface area (Å²) < 4.78 is 7.57. The van der Waals surface area contributed by atoms with Crippen LogP contribution in [0.5, 0.6) is 0 Å². The number of hydrogen-bond acceptors (Lipinski definition) is 5. The minimum atomic E-state index is 0.549. The fourth-order valence-electron chi connectivity index (χ4n) is 3.40. The topological polar surface area (TPSA) is 85.7 Å². The van der Waals surface area contributed by atoms with E-state index < -0.39 is 0 Å². The van der Waals surface area contributed by atoms with Crippen LogP contribution >= 0.6 is 0 Å². The molecule has 7 nitrogen and oxygen atoms in total. The van der Waals surface area contributed by atoms with Gasteiger partial charge in [-0.2, -0.15) is 5.21 Å². The Balaban J connectivity index is 1.67. The molecule has 2 aromatic carbocycles. The van der Waals surface area contributed by atoms with Crippen LogP contribution in [0.25, 0.3) is 28.0 Å². The molecule has 2 aromatic heterocycles. The summed E-state index contributed by atoms with van der Waals surface area (Å²) in [5.74, 6) is 0.549. The number of aldehydes is 1. The lowest BCUT2D eigenvalue weighted by molar-refractivity contribution is 0.112. The van der Waals surface area contributed by atoms with Gasteiger partial charge in [0, 0.05) is 28.4 Å². The maximum atomic E-state index is 11.6. The summed E-state index contributed by atoms with van der Waals surface area (Å²) in [7, 11) is 0. The summed E-state index contributed by atoms with van der Waals surface area (Å²) in [4.78, 5) is 11.6. The van der Waals surface area contributed by atoms with Crippen molar-refractivity contribution >= 4 is 17.2 Å². The van der Waals surface area contributed by atoms with Gasteiger partial charge in [0.05, 0.1) is 18.7 Å². The minimum Gasteiger partial charge on any atom is -0.372 e. The van der Waals surface area contributed by atoms with Crippen LogP contribution < -0.4 is 0 Å². The highest BCUT2D eigenvalue weighted by atomic mass is 16.5. The summed E-state index contributed by atoms with van der Waals surface area (Å²) in [6, 6.07) is 11.9. The monoisotopic (exact) mass is 331 g/mol. The molecule has 0 fully saturated rings. The third-order valence-electron chi connectivity index (χ3n) is 4.58. The lowest BCUT2D eigenvalue weighted by Crippen LogP contribution is -1.93. The zero-order valence-corrected chi connectivity index (χ0v) is 13.1. The maximum absolute atomic E-state index is 11.6. The van der Waals surface area contributed by atoms with E-state index in [0.717, 1.165) is 39.6 Å². The van der Waals surface area contributed by atoms with Crippen LogP contribution in [-0.2, 0) is 18.0 Å². The molecule has 3 heterocycles. The molecule has 25 heavy (non-hydrogen) atoms. The lowest BCUT2D eigenvalue weighted by atomic mass is 10.0. The largest absolute Gasteiger partial charge is 0.372 e. The summed E-state index contributed by atoms with van der Waals surface area (Å²) in [6.45, 7) is 1.16. The molecule has 5 rings (SSSR count). The van der Waals surface area contributed by atoms with Gasteiger partial charge in [-0.25, -0.2) is 0 Å². The number of rotatable bonds is 3. The third-order valence-corrected chi connectivity index (χ3v) is 4.58. The summed E-state index contributed by atoms with van der Waals surface area (Å²) >= 11 is 0. The summed E-state index contributed by atoms with van der Waals surface area (Å²) in [5, 5.41) is 15.0. The zero-order chi connectivity index (χ0) is 16.8. The number of aromatic nitrogens is 5. The Bertz CT molecular complexity index is 1080. The average molecular weight is 331 g/mol. The van der Waals surface area contributed by atoms with Gasteiger partial charge in [-0.1, -0.05) is 6.07 Å². The van der Waals surface area contributed by atoms with E-state index in [1.807, 2.05) is 41.1 Å². The predicted octanol–water partition coefficient (Wildman–Crippen LogP) is 2.65. The number of nitrogens with one attached hydrogen (secondary N) is 1. The van der Waals surface area contributed by atoms with E-state index in [2.05, 4.69) is 26.7 Å². The van der Waals surface area contributed by atoms with Gasteiger partial charge in [0.1, 0.15) is 0 Å². The molecule has 0 bridgehead atoms. The lowest BCUT2D eigenvalue weighted by Gasteiger charge is -2.07. The SMILES string of the molecule is O=Cc1cn(-c2ccc(-c3nn[nH]n3)cc2)c2ccc3c(c12)COC3. The second kappa shape index (κ2) is 5.35. The molecule has 0 saturated heterocycles. The number of carbonyl (C=O) groups excluding carboxylic acids is 1. The van der Waals surface area contributed by atoms with E-state index in [-0.39, 0.29) is 0 Å². The van der Waals surface area contributed by atoms with Crippen molar-refractivity contribution in [1.29, 1.82) is 0 Å². The number of benzene rings is 2. The van der Waals surface area contributed by atoms with E-state index in [9.17, 15) is 4.79 Å². The predicted molar refractivity (Wildman–Crippen MR) is 90.3 cm³/mol. The second-order valence-electron chi connectivity index (χ2n) is 5.94. The molecule has 0 aliphatic carbocycles. The van der Waals surface area contributed by atoms with Crippen LogP contribution in [0.15, 0.2) is 42.6 Å². The standard InChI is InChI=1S/C18H13N5O2/c24-8-13-7-23(16-6-3-12-9-25-10-15(12)17(13)16)14-4-1-11(2-5-14)18-19-21-22-20-18/h1-8H,9-10H2,(H,19,20,21,22). The van der Waals surface area contributed by atoms with Crippen LogP contribution in [0.1, 0.15) is 21.5 Å². The third kappa shape index (κ3) is 2.10. The Morgan fingerprint density at radius 1 is 1.12 bits per heavy atom. The fourth-order valence-corrected chi connectivity index (χ4v) is 3.40. The number of H-pyrrole nitrogens is 1. The number of tetrazole rings is 1. The molecule has 122 valence electrons. The van der Waals surface area contributed by atoms with Crippen molar-refractivity contribution in [3.05, 3.63) is 59.3 Å². The molecule has 0 amide bonds. The molecule has 1 N–H and O–H groups in total. The highest BCUT2D eigenvalue weighted by Gasteiger charge is 2.20. The first kappa shape index (κ1) is 14.1. The van der Waals surface area contributed by atoms with E-state index in [4.69, 9.17) is 4.74 Å². The van der Waals surface area contributed by atoms with Crippen molar-refractivity contribution in [1.82, 2.24) is 25.2 Å². The molecule has 0 saturated carbocycles. The van der Waals surface area contributed by atoms with Crippen molar-refractivity contribution in [3.8, 4) is 17.1 Å². The Hall–Kier alpha value is -3.32. The van der Waals surface area contributed by atoms with Gasteiger partial charge in [0.25, 0.3) is 0 Å². The molecule has 1 aliphatic rings. The van der Waals surface area contributed by atoms with Crippen molar-refractivity contribution in [2.45, 2.75) is 13.2 Å². The molecular weight excluding hydrogens is 318 g/mol. The Labute approximate surface area is 142 Å². The smallest absolute Gasteiger partial charge is 0.204 e. The molecule has 0 unspecified atom stereocenters. The van der Waals surface area contributed by atoms with Crippen molar-refractivity contribution in [3.63, 3.8) is 0 Å². The number of ether oxygens (including phenoxy) is 1. The van der Waals surface area contributed by atoms with Crippen molar-refractivity contribution in [2.24, 2.45) is 0 Å². The van der Waals surface area contributed by atoms with Gasteiger partial charge in [-0.15, -0.1) is 10.2 Å². The first-order valence-corrected chi connectivity index (χ1v) is 7.88. The highest BCUT2D eigenvalue weighted by molar-refractivity contribution is 6.01. The van der Waals surface area contributed by atoms with Crippen LogP contribution in [0.2, 0.25) is 0 Å². The zero-order valence-electron chi connectivity index (χ0n) is 13.1. The highest BCUT2D eigenvalue weighted by Crippen LogP contribution is 2.33. The summed E-state index contributed by atoms with van der Waals surface area (Å²) in [6.07, 6.45) is 2.78. The van der Waals surface area contributed by atoms with Gasteiger partial charge in [0.2, 0.25) is 5.82 Å². The van der Waals surface area contributed by atoms with E-state index in [1.165, 1.54) is 0 Å². The number of nitrogens with zero attached hydrogens (tertiary/aromatic N) is 4. The normalized spacial score (nSPS) is 13.3. The van der Waals surface area contributed by atoms with Crippen LogP contribution in [0.4, 0.5) is 0 Å². The second-order valence-corrected chi connectivity index (χ2v) is 5.94. The molecule has 7 heteroatoms. The van der Waals surface area contributed by atoms with Gasteiger partial charge in [-0.3, -0.25) is 4.79 Å². The first-order chi connectivity index (χ1) is 12.3. The molecule has 0 radical (unpaired) electrons. The van der Waals surface area contributed by atoms with Crippen LogP contribution in [0.3, 0.4) is 0 Å². The van der Waals surface area contributed by atoms with Gasteiger partial charge >= 0.3 is 0 Å². The number of hydrogen-bond donors (Lipinski definition) is 1. The van der Waals surface area contributed by atoms with E-state index in [0.29, 0.717) is 24.6 Å². The minimum absolute atomic E-state index is 0.549. The van der Waals surface area contributed by atoms with Crippen LogP contribution in [0, 0.1) is 0 Å². The Morgan fingerprint density at radius 2 is 2.00 bits per heavy atom. The molecule has 1 aliphatic heterocycles. The van der Waals surface area contributed by atoms with Gasteiger partial charge < -0.3 is 9.30 Å². The van der Waals surface area contributed by atoms with Crippen molar-refractivity contribution in [2.75, 3.05) is 0 Å². The number of aromatic amines is 1. The number of carbonyl (C=O) groups is 1. The van der Waals surface area contributed by atoms with Crippen molar-refractivity contribution < 1.29 is 9.53 Å². The quantitative estimate of drug-likeness (QED) is 0.583. The van der Waals surface area contributed by atoms with E-state index >= 15 is 0 Å². The molecule has 0 atom stereocenters. The average Bonchev–Trinajstić information content (AvgIpc) is 3.39. The van der Waals surface area contributed by atoms with Crippen LogP contribution in [-0.4, -0.2) is 31.5 Å². The summed E-state index contributed by atoms with van der Waals surface area (Å²) in [5.41, 5.74) is 5.78. The molecule has 4 aromatic rings.